The maximum atomic E-state index is 12.7. The number of rotatable bonds is 4. The molecule has 2 amide bonds. The van der Waals surface area contributed by atoms with Crippen molar-refractivity contribution in [1.82, 2.24) is 0 Å². The molecule has 5 heteroatoms. The summed E-state index contributed by atoms with van der Waals surface area (Å²) in [6.45, 7) is 5.83. The lowest BCUT2D eigenvalue weighted by Gasteiger charge is -2.38. The Morgan fingerprint density at radius 1 is 1.12 bits per heavy atom. The van der Waals surface area contributed by atoms with E-state index in [2.05, 4.69) is 0 Å². The van der Waals surface area contributed by atoms with Gasteiger partial charge in [-0.1, -0.05) is 24.3 Å². The standard InChI is InChI=1S/C20H22N2O3/c1-14(2)22-18-10-5-4-9-17(18)21(12-19(22)23)20(24)13-25-16-8-6-7-15(3)11-16/h4-11,14H,12-13H2,1-3H3. The molecular weight excluding hydrogens is 316 g/mol. The molecule has 0 atom stereocenters. The molecule has 0 radical (unpaired) electrons. The number of carbonyl (C=O) groups is 2. The minimum atomic E-state index is -0.231. The van der Waals surface area contributed by atoms with Gasteiger partial charge < -0.3 is 9.64 Å². The van der Waals surface area contributed by atoms with Crippen molar-refractivity contribution >= 4 is 23.2 Å². The summed E-state index contributed by atoms with van der Waals surface area (Å²) in [5, 5.41) is 0. The highest BCUT2D eigenvalue weighted by Crippen LogP contribution is 2.34. The van der Waals surface area contributed by atoms with Crippen LogP contribution < -0.4 is 14.5 Å². The molecule has 1 aliphatic rings. The van der Waals surface area contributed by atoms with E-state index in [1.807, 2.05) is 69.3 Å². The Balaban J connectivity index is 1.80. The van der Waals surface area contributed by atoms with Crippen LogP contribution in [0.25, 0.3) is 0 Å². The molecule has 25 heavy (non-hydrogen) atoms. The van der Waals surface area contributed by atoms with Gasteiger partial charge in [0.2, 0.25) is 5.91 Å². The number of carbonyl (C=O) groups excluding carboxylic acids is 2. The van der Waals surface area contributed by atoms with Crippen LogP contribution in [0.1, 0.15) is 19.4 Å². The van der Waals surface area contributed by atoms with Crippen LogP contribution in [-0.4, -0.2) is 31.0 Å². The monoisotopic (exact) mass is 338 g/mol. The topological polar surface area (TPSA) is 49.9 Å². The Kier molecular flexibility index (Phi) is 4.74. The first kappa shape index (κ1) is 17.0. The zero-order valence-electron chi connectivity index (χ0n) is 14.7. The van der Waals surface area contributed by atoms with Gasteiger partial charge in [0.1, 0.15) is 12.3 Å². The molecule has 0 aromatic heterocycles. The van der Waals surface area contributed by atoms with E-state index >= 15 is 0 Å². The SMILES string of the molecule is Cc1cccc(OCC(=O)N2CC(=O)N(C(C)C)c3ccccc32)c1. The summed E-state index contributed by atoms with van der Waals surface area (Å²) >= 11 is 0. The number of benzene rings is 2. The molecule has 0 saturated heterocycles. The molecule has 1 aliphatic heterocycles. The first-order valence-electron chi connectivity index (χ1n) is 8.38. The minimum Gasteiger partial charge on any atom is -0.484 e. The molecule has 130 valence electrons. The molecule has 0 bridgehead atoms. The smallest absolute Gasteiger partial charge is 0.265 e. The molecular formula is C20H22N2O3. The van der Waals surface area contributed by atoms with Crippen LogP contribution >= 0.6 is 0 Å². The van der Waals surface area contributed by atoms with E-state index in [-0.39, 0.29) is 31.0 Å². The van der Waals surface area contributed by atoms with Crippen LogP contribution in [0.15, 0.2) is 48.5 Å². The second kappa shape index (κ2) is 6.97. The van der Waals surface area contributed by atoms with Crippen LogP contribution in [-0.2, 0) is 9.59 Å². The van der Waals surface area contributed by atoms with Crippen molar-refractivity contribution in [3.63, 3.8) is 0 Å². The predicted molar refractivity (Wildman–Crippen MR) is 98.1 cm³/mol. The molecule has 1 heterocycles. The van der Waals surface area contributed by atoms with Gasteiger partial charge in [-0.05, 0) is 50.6 Å². The van der Waals surface area contributed by atoms with Crippen LogP contribution in [0.2, 0.25) is 0 Å². The van der Waals surface area contributed by atoms with Crippen molar-refractivity contribution in [2.45, 2.75) is 26.8 Å². The first-order chi connectivity index (χ1) is 12.0. The average molecular weight is 338 g/mol. The largest absolute Gasteiger partial charge is 0.484 e. The maximum absolute atomic E-state index is 12.7. The van der Waals surface area contributed by atoms with Crippen molar-refractivity contribution in [2.75, 3.05) is 23.0 Å². The predicted octanol–water partition coefficient (Wildman–Crippen LogP) is 3.16. The number of hydrogen-bond acceptors (Lipinski definition) is 3. The lowest BCUT2D eigenvalue weighted by Crippen LogP contribution is -2.51. The van der Waals surface area contributed by atoms with Crippen molar-refractivity contribution in [1.29, 1.82) is 0 Å². The van der Waals surface area contributed by atoms with Gasteiger partial charge >= 0.3 is 0 Å². The van der Waals surface area contributed by atoms with E-state index in [0.29, 0.717) is 5.75 Å². The number of ether oxygens (including phenoxy) is 1. The Hall–Kier alpha value is -2.82. The number of para-hydroxylation sites is 2. The third-order valence-corrected chi connectivity index (χ3v) is 4.16. The van der Waals surface area contributed by atoms with E-state index < -0.39 is 0 Å². The van der Waals surface area contributed by atoms with Crippen molar-refractivity contribution in [3.8, 4) is 5.75 Å². The summed E-state index contributed by atoms with van der Waals surface area (Å²) < 4.78 is 5.61. The Morgan fingerprint density at radius 3 is 2.52 bits per heavy atom. The third kappa shape index (κ3) is 3.50. The normalized spacial score (nSPS) is 13.8. The average Bonchev–Trinajstić information content (AvgIpc) is 2.58. The zero-order chi connectivity index (χ0) is 18.0. The van der Waals surface area contributed by atoms with E-state index in [1.165, 1.54) is 4.90 Å². The second-order valence-electron chi connectivity index (χ2n) is 6.43. The first-order valence-corrected chi connectivity index (χ1v) is 8.38. The molecule has 0 N–H and O–H groups in total. The number of aryl methyl sites for hydroxylation is 1. The summed E-state index contributed by atoms with van der Waals surface area (Å²) in [7, 11) is 0. The molecule has 0 fully saturated rings. The van der Waals surface area contributed by atoms with Gasteiger partial charge in [0.05, 0.1) is 11.4 Å². The maximum Gasteiger partial charge on any atom is 0.265 e. The molecule has 2 aromatic carbocycles. The van der Waals surface area contributed by atoms with Crippen LogP contribution in [0.4, 0.5) is 11.4 Å². The van der Waals surface area contributed by atoms with E-state index in [0.717, 1.165) is 16.9 Å². The lowest BCUT2D eigenvalue weighted by molar-refractivity contribution is -0.124. The fourth-order valence-corrected chi connectivity index (χ4v) is 3.04. The van der Waals surface area contributed by atoms with Crippen molar-refractivity contribution in [2.24, 2.45) is 0 Å². The summed E-state index contributed by atoms with van der Waals surface area (Å²) in [6, 6.07) is 15.1. The molecule has 0 saturated carbocycles. The second-order valence-corrected chi connectivity index (χ2v) is 6.43. The highest BCUT2D eigenvalue weighted by Gasteiger charge is 2.33. The molecule has 5 nitrogen and oxygen atoms in total. The molecule has 0 aliphatic carbocycles. The van der Waals surface area contributed by atoms with Gasteiger partial charge in [-0.2, -0.15) is 0 Å². The molecule has 0 spiro atoms. The summed E-state index contributed by atoms with van der Waals surface area (Å²) in [6.07, 6.45) is 0. The summed E-state index contributed by atoms with van der Waals surface area (Å²) in [5.41, 5.74) is 2.57. The van der Waals surface area contributed by atoms with Crippen LogP contribution in [0.5, 0.6) is 5.75 Å². The number of anilines is 2. The number of nitrogens with zero attached hydrogens (tertiary/aromatic N) is 2. The fraction of sp³-hybridized carbons (Fsp3) is 0.300. The molecule has 3 rings (SSSR count). The number of amides is 2. The van der Waals surface area contributed by atoms with E-state index in [1.54, 1.807) is 4.90 Å². The Morgan fingerprint density at radius 2 is 1.84 bits per heavy atom. The minimum absolute atomic E-state index is 0.0329. The van der Waals surface area contributed by atoms with Gasteiger partial charge in [-0.25, -0.2) is 0 Å². The lowest BCUT2D eigenvalue weighted by atomic mass is 10.1. The van der Waals surface area contributed by atoms with Crippen molar-refractivity contribution in [3.05, 3.63) is 54.1 Å². The van der Waals surface area contributed by atoms with E-state index in [9.17, 15) is 9.59 Å². The molecule has 0 unspecified atom stereocenters. The van der Waals surface area contributed by atoms with Crippen LogP contribution in [0, 0.1) is 6.92 Å². The van der Waals surface area contributed by atoms with Gasteiger partial charge in [-0.15, -0.1) is 0 Å². The van der Waals surface area contributed by atoms with Gasteiger partial charge in [0.25, 0.3) is 5.91 Å². The van der Waals surface area contributed by atoms with Gasteiger partial charge in [0.15, 0.2) is 6.61 Å². The summed E-state index contributed by atoms with van der Waals surface area (Å²) in [4.78, 5) is 28.4. The van der Waals surface area contributed by atoms with Gasteiger partial charge in [0, 0.05) is 6.04 Å². The number of hydrogen-bond donors (Lipinski definition) is 0. The Labute approximate surface area is 147 Å². The highest BCUT2D eigenvalue weighted by atomic mass is 16.5. The van der Waals surface area contributed by atoms with E-state index in [4.69, 9.17) is 4.74 Å². The third-order valence-electron chi connectivity index (χ3n) is 4.16. The molecule has 2 aromatic rings. The van der Waals surface area contributed by atoms with Crippen LogP contribution in [0.3, 0.4) is 0 Å². The summed E-state index contributed by atoms with van der Waals surface area (Å²) in [5.74, 6) is 0.331. The highest BCUT2D eigenvalue weighted by molar-refractivity contribution is 6.11. The van der Waals surface area contributed by atoms with Crippen molar-refractivity contribution < 1.29 is 14.3 Å². The quantitative estimate of drug-likeness (QED) is 0.860. The Bertz CT molecular complexity index is 801. The van der Waals surface area contributed by atoms with Gasteiger partial charge in [-0.3, -0.25) is 14.5 Å². The number of fused-ring (bicyclic) bond motifs is 1. The zero-order valence-corrected chi connectivity index (χ0v) is 14.7. The fourth-order valence-electron chi connectivity index (χ4n) is 3.04.